The molecule has 0 fully saturated rings. The molecule has 5 nitrogen and oxygen atoms in total. The Morgan fingerprint density at radius 3 is 0.966 bits per heavy atom. The Morgan fingerprint density at radius 1 is 0.525 bits per heavy atom. The standard InChI is InChI=1S/C30H33NP2.C8H10O.C8H8O.C3H8O.CHO.ClH.Ru.H/c1-25(32(27-15-7-3-8-16-27)28-17-9-4-10-18-28)23-31-24-26(2)33(29-19-11-5-12-20-29)30-21-13-6-14-22-30;2*1-7(9)8-5-3-2-4-6-8;1-3(2)4;1-2;;;/h3-22,25-26,31H,23-24H2,1-2H3;2-7,9H,1H3;2-6H,1H3;3-4H,1-2H3;1H;1H;;/q;;;;-1;;+3;/p+1/t25-,26-;;;;;;;/m0......./s1. The monoisotopic (exact) mass is 940 g/mol. The van der Waals surface area contributed by atoms with Crippen molar-refractivity contribution in [3.05, 3.63) is 193 Å². The van der Waals surface area contributed by atoms with Gasteiger partial charge in [0, 0.05) is 24.8 Å². The quantitative estimate of drug-likeness (QED) is 0.0375. The van der Waals surface area contributed by atoms with E-state index in [1.165, 1.54) is 21.2 Å². The Morgan fingerprint density at radius 2 is 0.763 bits per heavy atom. The number of ketones is 1. The number of aliphatic hydroxyl groups excluding tert-OH is 2. The zero-order valence-electron chi connectivity index (χ0n) is 35.1. The molecule has 0 aromatic heterocycles. The van der Waals surface area contributed by atoms with Crippen LogP contribution in [-0.2, 0) is 22.1 Å². The van der Waals surface area contributed by atoms with Crippen molar-refractivity contribution in [3.8, 4) is 0 Å². The van der Waals surface area contributed by atoms with E-state index in [-0.39, 0.29) is 18.0 Å². The van der Waals surface area contributed by atoms with Crippen molar-refractivity contribution in [2.75, 3.05) is 13.1 Å². The van der Waals surface area contributed by atoms with Crippen LogP contribution in [0.5, 0.6) is 0 Å². The summed E-state index contributed by atoms with van der Waals surface area (Å²) in [7, 11) is 2.90. The fourth-order valence-corrected chi connectivity index (χ4v) is 11.9. The van der Waals surface area contributed by atoms with Gasteiger partial charge >= 0.3 is 27.0 Å². The predicted molar refractivity (Wildman–Crippen MR) is 258 cm³/mol. The molecule has 6 aromatic rings. The van der Waals surface area contributed by atoms with E-state index >= 15 is 0 Å². The molecule has 0 amide bonds. The number of aliphatic hydroxyl groups is 2. The number of carbonyl (C=O) groups excluding carboxylic acids is 2. The normalized spacial score (nSPS) is 11.5. The molecule has 9 heteroatoms. The van der Waals surface area contributed by atoms with E-state index < -0.39 is 15.8 Å². The predicted octanol–water partition coefficient (Wildman–Crippen LogP) is 9.24. The third kappa shape index (κ3) is 21.9. The Hall–Kier alpha value is -3.69. The molecule has 0 saturated carbocycles. The van der Waals surface area contributed by atoms with Gasteiger partial charge in [0.2, 0.25) is 0 Å². The van der Waals surface area contributed by atoms with Gasteiger partial charge in [-0.1, -0.05) is 133 Å². The summed E-state index contributed by atoms with van der Waals surface area (Å²) in [6.45, 7) is 16.9. The molecule has 6 aromatic carbocycles. The molecule has 6 rings (SSSR count). The molecule has 3 N–H and O–H groups in total. The van der Waals surface area contributed by atoms with Gasteiger partial charge in [-0.2, -0.15) is 0 Å². The van der Waals surface area contributed by atoms with Crippen LogP contribution < -0.4 is 26.5 Å². The van der Waals surface area contributed by atoms with E-state index in [0.29, 0.717) is 11.3 Å². The van der Waals surface area contributed by atoms with Crippen molar-refractivity contribution < 1.29 is 37.1 Å². The summed E-state index contributed by atoms with van der Waals surface area (Å²) < 4.78 is 0. The van der Waals surface area contributed by atoms with Crippen LogP contribution >= 0.6 is 25.5 Å². The molecular weight excluding hydrogens is 877 g/mol. The van der Waals surface area contributed by atoms with Gasteiger partial charge in [0.05, 0.1) is 54.5 Å². The van der Waals surface area contributed by atoms with E-state index in [2.05, 4.69) is 157 Å². The molecule has 0 aliphatic rings. The Kier molecular flexibility index (Phi) is 29.9. The van der Waals surface area contributed by atoms with Crippen LogP contribution in [0.15, 0.2) is 182 Å². The first kappa shape index (κ1) is 53.3. The van der Waals surface area contributed by atoms with Crippen LogP contribution in [-0.4, -0.2) is 53.3 Å². The molecule has 314 valence electrons. The zero-order chi connectivity index (χ0) is 43.8. The van der Waals surface area contributed by atoms with Crippen LogP contribution in [0.3, 0.4) is 0 Å². The van der Waals surface area contributed by atoms with Crippen LogP contribution in [0.2, 0.25) is 0 Å². The first-order chi connectivity index (χ1) is 28.6. The van der Waals surface area contributed by atoms with Gasteiger partial charge in [0.1, 0.15) is 0 Å². The summed E-state index contributed by atoms with van der Waals surface area (Å²) in [6, 6.07) is 63.2. The number of carbonyl (C=O) groups is 1. The Bertz CT molecular complexity index is 1710. The van der Waals surface area contributed by atoms with Gasteiger partial charge in [0.25, 0.3) is 0 Å². The van der Waals surface area contributed by atoms with Crippen molar-refractivity contribution in [3.63, 3.8) is 0 Å². The molecule has 1 unspecified atom stereocenters. The number of halogens is 1. The Balaban J connectivity index is 0.000000541. The van der Waals surface area contributed by atoms with E-state index in [0.717, 1.165) is 24.2 Å². The average molecular weight is 941 g/mol. The van der Waals surface area contributed by atoms with Crippen LogP contribution in [0.25, 0.3) is 0 Å². The molecule has 0 saturated heterocycles. The first-order valence-corrected chi connectivity index (χ1v) is 25.1. The second-order valence-electron chi connectivity index (χ2n) is 13.9. The van der Waals surface area contributed by atoms with E-state index in [9.17, 15) is 4.79 Å². The molecular formula is C50H63ClNO4P2Ru+3. The number of hydrogen-bond acceptors (Lipinski definition) is 5. The maximum absolute atomic E-state index is 10.6. The summed E-state index contributed by atoms with van der Waals surface area (Å²) >= 11 is 1.62. The Labute approximate surface area is 370 Å². The van der Waals surface area contributed by atoms with E-state index in [1.54, 1.807) is 45.0 Å². The number of hydrogen-bond donors (Lipinski definition) is 3. The fourth-order valence-electron chi connectivity index (χ4n) is 6.07. The fraction of sp³-hybridized carbons (Fsp3) is 0.240. The van der Waals surface area contributed by atoms with Crippen molar-refractivity contribution in [1.29, 1.82) is 0 Å². The van der Waals surface area contributed by atoms with Crippen molar-refractivity contribution in [1.82, 2.24) is 5.32 Å². The molecule has 0 aliphatic heterocycles. The number of nitrogens with one attached hydrogen (secondary N) is 1. The van der Waals surface area contributed by atoms with Gasteiger partial charge in [-0.25, -0.2) is 0 Å². The number of Topliss-reactive ketones (excluding diaryl/α,β-unsaturated/α-hetero) is 1. The summed E-state index contributed by atoms with van der Waals surface area (Å²) in [5.41, 5.74) is 2.93. The minimum absolute atomic E-state index is 0.121. The summed E-state index contributed by atoms with van der Waals surface area (Å²) in [5, 5.41) is 26.9. The van der Waals surface area contributed by atoms with Gasteiger partial charge in [0.15, 0.2) is 5.78 Å². The van der Waals surface area contributed by atoms with Gasteiger partial charge in [-0.3, -0.25) is 11.6 Å². The zero-order valence-corrected chi connectivity index (χ0v) is 39.7. The minimum atomic E-state index is -0.853. The summed E-state index contributed by atoms with van der Waals surface area (Å²) in [4.78, 5) is 18.4. The molecule has 59 heavy (non-hydrogen) atoms. The maximum atomic E-state index is 10.6. The number of rotatable bonds is 12. The second kappa shape index (κ2) is 33.1. The van der Waals surface area contributed by atoms with Crippen LogP contribution in [0.4, 0.5) is 0 Å². The summed E-state index contributed by atoms with van der Waals surface area (Å²) in [6.07, 6.45) is -0.508. The van der Waals surface area contributed by atoms with Crippen LogP contribution in [0.1, 0.15) is 63.6 Å². The van der Waals surface area contributed by atoms with E-state index in [4.69, 9.17) is 15.0 Å². The SMILES string of the molecule is CC(=O)c1ccccc1.CC(C)O.CC(O)c1ccccc1.C[C@@H](CNC[C@H](C)[PH+](c1ccccc1)c1ccccc1)[PH+](c1ccccc1)c1ccccc1.[CH-]=O.[Cl][RuH+2]. The van der Waals surface area contributed by atoms with Gasteiger partial charge in [-0.15, -0.1) is 0 Å². The average Bonchev–Trinajstić information content (AvgIpc) is 3.28. The van der Waals surface area contributed by atoms with Gasteiger partial charge < -0.3 is 20.3 Å². The number of benzene rings is 6. The van der Waals surface area contributed by atoms with Crippen molar-refractivity contribution >= 4 is 59.3 Å². The van der Waals surface area contributed by atoms with Crippen molar-refractivity contribution in [2.24, 2.45) is 0 Å². The van der Waals surface area contributed by atoms with Crippen molar-refractivity contribution in [2.45, 2.75) is 65.1 Å². The summed E-state index contributed by atoms with van der Waals surface area (Å²) in [5.74, 6) is 0.121. The molecule has 0 bridgehead atoms. The second-order valence-corrected chi connectivity index (χ2v) is 19.8. The molecule has 3 atom stereocenters. The topological polar surface area (TPSA) is 86.6 Å². The molecule has 0 spiro atoms. The van der Waals surface area contributed by atoms with Gasteiger partial charge in [-0.05, 0) is 95.6 Å². The molecule has 0 radical (unpaired) electrons. The third-order valence-corrected chi connectivity index (χ3v) is 14.9. The first-order valence-electron chi connectivity index (χ1n) is 19.6. The van der Waals surface area contributed by atoms with E-state index in [1.807, 2.05) is 60.7 Å². The molecule has 0 heterocycles. The van der Waals surface area contributed by atoms with Crippen LogP contribution in [0, 0.1) is 0 Å². The molecule has 0 aliphatic carbocycles. The third-order valence-electron chi connectivity index (χ3n) is 8.69.